The fourth-order valence-corrected chi connectivity index (χ4v) is 3.12. The molecular formula is C21H20N8O2. The van der Waals surface area contributed by atoms with E-state index in [1.807, 2.05) is 25.1 Å². The number of carbonyl (C=O) groups is 2. The number of anilines is 2. The molecule has 4 heterocycles. The number of nitrogen functional groups attached to an aromatic ring is 1. The molecule has 0 aliphatic carbocycles. The van der Waals surface area contributed by atoms with Crippen molar-refractivity contribution in [3.05, 3.63) is 72.1 Å². The van der Waals surface area contributed by atoms with Crippen LogP contribution in [0.4, 0.5) is 11.5 Å². The fourth-order valence-electron chi connectivity index (χ4n) is 3.12. The molecule has 31 heavy (non-hydrogen) atoms. The van der Waals surface area contributed by atoms with E-state index < -0.39 is 11.8 Å². The average Bonchev–Trinajstić information content (AvgIpc) is 3.28. The Labute approximate surface area is 177 Å². The third-order valence-electron chi connectivity index (χ3n) is 4.78. The molecule has 0 saturated carbocycles. The standard InChI is InChI=1S/C21H20N8O2/c1-13-5-4-8-24-17(13)12-29(11-14-6-2-3-7-23-14)21(31)20(30)27-16-10-25-19(22)15-9-26-28-18(15)16/h2-10H,11-12H2,1H3,(H2,22,25)(H,26,28)(H,27,30). The molecule has 2 amide bonds. The highest BCUT2D eigenvalue weighted by molar-refractivity contribution is 6.40. The summed E-state index contributed by atoms with van der Waals surface area (Å²) < 4.78 is 0. The van der Waals surface area contributed by atoms with E-state index in [1.54, 1.807) is 24.5 Å². The topological polar surface area (TPSA) is 143 Å². The lowest BCUT2D eigenvalue weighted by Gasteiger charge is -2.22. The minimum absolute atomic E-state index is 0.155. The maximum absolute atomic E-state index is 13.1. The lowest BCUT2D eigenvalue weighted by atomic mass is 10.2. The molecule has 0 saturated heterocycles. The van der Waals surface area contributed by atoms with Crippen molar-refractivity contribution in [2.75, 3.05) is 11.1 Å². The summed E-state index contributed by atoms with van der Waals surface area (Å²) >= 11 is 0. The number of pyridine rings is 3. The minimum Gasteiger partial charge on any atom is -0.383 e. The molecule has 0 unspecified atom stereocenters. The summed E-state index contributed by atoms with van der Waals surface area (Å²) in [5, 5.41) is 9.84. The first-order valence-corrected chi connectivity index (χ1v) is 9.51. The van der Waals surface area contributed by atoms with E-state index in [2.05, 4.69) is 30.5 Å². The molecule has 4 N–H and O–H groups in total. The van der Waals surface area contributed by atoms with Gasteiger partial charge in [-0.1, -0.05) is 12.1 Å². The Kier molecular flexibility index (Phi) is 5.52. The average molecular weight is 416 g/mol. The first-order chi connectivity index (χ1) is 15.0. The van der Waals surface area contributed by atoms with E-state index in [0.717, 1.165) is 5.56 Å². The van der Waals surface area contributed by atoms with Gasteiger partial charge in [0.2, 0.25) is 0 Å². The molecule has 0 fully saturated rings. The molecule has 0 radical (unpaired) electrons. The molecule has 4 aromatic heterocycles. The van der Waals surface area contributed by atoms with Crippen LogP contribution in [-0.4, -0.2) is 41.9 Å². The summed E-state index contributed by atoms with van der Waals surface area (Å²) in [5.41, 5.74) is 8.90. The Bertz CT molecular complexity index is 1240. The second-order valence-electron chi connectivity index (χ2n) is 6.92. The van der Waals surface area contributed by atoms with Crippen LogP contribution < -0.4 is 11.1 Å². The van der Waals surface area contributed by atoms with Gasteiger partial charge in [0.25, 0.3) is 0 Å². The molecule has 0 atom stereocenters. The van der Waals surface area contributed by atoms with E-state index in [4.69, 9.17) is 5.73 Å². The van der Waals surface area contributed by atoms with Crippen molar-refractivity contribution in [3.8, 4) is 0 Å². The highest BCUT2D eigenvalue weighted by Crippen LogP contribution is 2.24. The molecule has 4 aromatic rings. The molecular weight excluding hydrogens is 396 g/mol. The van der Waals surface area contributed by atoms with Gasteiger partial charge in [-0.2, -0.15) is 5.10 Å². The van der Waals surface area contributed by atoms with Gasteiger partial charge in [0.15, 0.2) is 0 Å². The Morgan fingerprint density at radius 3 is 2.68 bits per heavy atom. The highest BCUT2D eigenvalue weighted by atomic mass is 16.2. The lowest BCUT2D eigenvalue weighted by Crippen LogP contribution is -2.39. The molecule has 0 aromatic carbocycles. The zero-order valence-corrected chi connectivity index (χ0v) is 16.7. The Balaban J connectivity index is 1.59. The van der Waals surface area contributed by atoms with Crippen LogP contribution in [0.25, 0.3) is 10.9 Å². The van der Waals surface area contributed by atoms with E-state index in [0.29, 0.717) is 28.0 Å². The normalized spacial score (nSPS) is 10.7. The smallest absolute Gasteiger partial charge is 0.314 e. The maximum Gasteiger partial charge on any atom is 0.314 e. The number of aromatic nitrogens is 5. The molecule has 10 heteroatoms. The largest absolute Gasteiger partial charge is 0.383 e. The van der Waals surface area contributed by atoms with E-state index in [1.165, 1.54) is 17.3 Å². The van der Waals surface area contributed by atoms with Crippen molar-refractivity contribution in [2.45, 2.75) is 20.0 Å². The predicted octanol–water partition coefficient (Wildman–Crippen LogP) is 1.81. The van der Waals surface area contributed by atoms with E-state index in [9.17, 15) is 9.59 Å². The van der Waals surface area contributed by atoms with Crippen LogP contribution >= 0.6 is 0 Å². The summed E-state index contributed by atoms with van der Waals surface area (Å²) in [6, 6.07) is 9.13. The van der Waals surface area contributed by atoms with Gasteiger partial charge in [-0.05, 0) is 30.7 Å². The number of aryl methyl sites for hydroxylation is 1. The van der Waals surface area contributed by atoms with Crippen LogP contribution in [-0.2, 0) is 22.7 Å². The molecule has 0 aliphatic heterocycles. The minimum atomic E-state index is -0.813. The lowest BCUT2D eigenvalue weighted by molar-refractivity contribution is -0.144. The van der Waals surface area contributed by atoms with Gasteiger partial charge in [-0.15, -0.1) is 0 Å². The van der Waals surface area contributed by atoms with Crippen molar-refractivity contribution in [1.82, 2.24) is 30.0 Å². The van der Waals surface area contributed by atoms with Gasteiger partial charge < -0.3 is 16.0 Å². The number of nitrogens with two attached hydrogens (primary N) is 1. The van der Waals surface area contributed by atoms with Crippen LogP contribution in [0.15, 0.2) is 55.1 Å². The Morgan fingerprint density at radius 2 is 1.90 bits per heavy atom. The third kappa shape index (κ3) is 4.32. The molecule has 4 rings (SSSR count). The van der Waals surface area contributed by atoms with Gasteiger partial charge in [0.05, 0.1) is 53.5 Å². The predicted molar refractivity (Wildman–Crippen MR) is 114 cm³/mol. The van der Waals surface area contributed by atoms with Crippen LogP contribution in [0.3, 0.4) is 0 Å². The number of carbonyl (C=O) groups excluding carboxylic acids is 2. The zero-order chi connectivity index (χ0) is 21.8. The number of fused-ring (bicyclic) bond motifs is 1. The van der Waals surface area contributed by atoms with E-state index >= 15 is 0 Å². The van der Waals surface area contributed by atoms with Crippen molar-refractivity contribution < 1.29 is 9.59 Å². The summed E-state index contributed by atoms with van der Waals surface area (Å²) in [7, 11) is 0. The second kappa shape index (κ2) is 8.57. The number of aromatic amines is 1. The van der Waals surface area contributed by atoms with E-state index in [-0.39, 0.29) is 18.9 Å². The van der Waals surface area contributed by atoms with Gasteiger partial charge in [-0.25, -0.2) is 4.98 Å². The first kappa shape index (κ1) is 20.0. The summed E-state index contributed by atoms with van der Waals surface area (Å²) in [4.78, 5) is 40.0. The number of H-pyrrole nitrogens is 1. The van der Waals surface area contributed by atoms with Crippen molar-refractivity contribution in [2.24, 2.45) is 0 Å². The van der Waals surface area contributed by atoms with Gasteiger partial charge in [-0.3, -0.25) is 24.7 Å². The maximum atomic E-state index is 13.1. The quantitative estimate of drug-likeness (QED) is 0.421. The number of nitrogens with one attached hydrogen (secondary N) is 2. The number of nitrogens with zero attached hydrogens (tertiary/aromatic N) is 5. The van der Waals surface area contributed by atoms with Gasteiger partial charge >= 0.3 is 11.8 Å². The second-order valence-corrected chi connectivity index (χ2v) is 6.92. The zero-order valence-electron chi connectivity index (χ0n) is 16.7. The van der Waals surface area contributed by atoms with Crippen LogP contribution in [0, 0.1) is 6.92 Å². The molecule has 156 valence electrons. The number of rotatable bonds is 5. The van der Waals surface area contributed by atoms with Crippen LogP contribution in [0.2, 0.25) is 0 Å². The number of amides is 2. The van der Waals surface area contributed by atoms with Gasteiger partial charge in [0.1, 0.15) is 5.82 Å². The summed E-state index contributed by atoms with van der Waals surface area (Å²) in [6.45, 7) is 2.22. The fraction of sp³-hybridized carbons (Fsp3) is 0.143. The van der Waals surface area contributed by atoms with Crippen molar-refractivity contribution in [1.29, 1.82) is 0 Å². The Morgan fingerprint density at radius 1 is 1.06 bits per heavy atom. The SMILES string of the molecule is Cc1cccnc1CN(Cc1ccccn1)C(=O)C(=O)Nc1cnc(N)c2cn[nH]c12. The van der Waals surface area contributed by atoms with Crippen LogP contribution in [0.5, 0.6) is 0 Å². The molecule has 0 aliphatic rings. The molecule has 0 spiro atoms. The number of hydrogen-bond donors (Lipinski definition) is 3. The van der Waals surface area contributed by atoms with Crippen LogP contribution in [0.1, 0.15) is 17.0 Å². The van der Waals surface area contributed by atoms with Gasteiger partial charge in [0, 0.05) is 12.4 Å². The third-order valence-corrected chi connectivity index (χ3v) is 4.78. The summed E-state index contributed by atoms with van der Waals surface area (Å²) in [6.07, 6.45) is 6.18. The summed E-state index contributed by atoms with van der Waals surface area (Å²) in [5.74, 6) is -1.26. The number of hydrogen-bond acceptors (Lipinski definition) is 7. The first-order valence-electron chi connectivity index (χ1n) is 9.51. The Hall–Kier alpha value is -4.34. The highest BCUT2D eigenvalue weighted by Gasteiger charge is 2.25. The van der Waals surface area contributed by atoms with Crippen molar-refractivity contribution >= 4 is 34.2 Å². The molecule has 10 nitrogen and oxygen atoms in total. The monoisotopic (exact) mass is 416 g/mol. The van der Waals surface area contributed by atoms with Crippen molar-refractivity contribution in [3.63, 3.8) is 0 Å². The molecule has 0 bridgehead atoms.